The Morgan fingerprint density at radius 3 is 2.50 bits per heavy atom. The van der Waals surface area contributed by atoms with Gasteiger partial charge in [-0.15, -0.1) is 0 Å². The number of rotatable bonds is 3. The fraction of sp³-hybridized carbons (Fsp3) is 0.182. The molecule has 0 unspecified atom stereocenters. The lowest BCUT2D eigenvalue weighted by molar-refractivity contribution is 0.586. The van der Waals surface area contributed by atoms with Gasteiger partial charge in [-0.1, -0.05) is 30.3 Å². The minimum Gasteiger partial charge on any atom is -0.241 e. The maximum atomic E-state index is 11.9. The maximum Gasteiger partial charge on any atom is 0.243 e. The van der Waals surface area contributed by atoms with Gasteiger partial charge in [-0.25, -0.2) is 17.4 Å². The van der Waals surface area contributed by atoms with Gasteiger partial charge in [0.25, 0.3) is 0 Å². The molecule has 0 saturated heterocycles. The van der Waals surface area contributed by atoms with Crippen LogP contribution >= 0.6 is 0 Å². The van der Waals surface area contributed by atoms with Crippen molar-refractivity contribution in [2.75, 3.05) is 0 Å². The molecule has 0 N–H and O–H groups in total. The first-order chi connectivity index (χ1) is 7.58. The minimum absolute atomic E-state index is 0.0103. The van der Waals surface area contributed by atoms with Crippen LogP contribution in [0.25, 0.3) is 0 Å². The minimum atomic E-state index is -3.34. The lowest BCUT2D eigenvalue weighted by Gasteiger charge is -2.04. The fourth-order valence-corrected chi connectivity index (χ4v) is 2.68. The Morgan fingerprint density at radius 1 is 1.25 bits per heavy atom. The molecule has 5 heteroatoms. The normalized spacial score (nSPS) is 11.6. The highest BCUT2D eigenvalue weighted by Crippen LogP contribution is 2.09. The fourth-order valence-electron chi connectivity index (χ4n) is 1.41. The van der Waals surface area contributed by atoms with Crippen LogP contribution in [0, 0.1) is 6.92 Å². The van der Waals surface area contributed by atoms with Crippen molar-refractivity contribution in [2.45, 2.75) is 12.7 Å². The molecule has 0 bridgehead atoms. The number of nitrogens with zero attached hydrogens (tertiary/aromatic N) is 2. The summed E-state index contributed by atoms with van der Waals surface area (Å²) in [7, 11) is -3.34. The summed E-state index contributed by atoms with van der Waals surface area (Å²) in [6, 6.07) is 9.09. The Labute approximate surface area is 94.6 Å². The molecule has 0 aliphatic heterocycles. The second kappa shape index (κ2) is 4.09. The van der Waals surface area contributed by atoms with E-state index in [2.05, 4.69) is 4.98 Å². The molecule has 4 nitrogen and oxygen atoms in total. The van der Waals surface area contributed by atoms with Gasteiger partial charge in [-0.2, -0.15) is 0 Å². The molecule has 0 saturated carbocycles. The first-order valence-electron chi connectivity index (χ1n) is 4.86. The van der Waals surface area contributed by atoms with Crippen LogP contribution in [0.15, 0.2) is 42.9 Å². The van der Waals surface area contributed by atoms with Gasteiger partial charge in [0, 0.05) is 6.20 Å². The number of imidazole rings is 1. The predicted octanol–water partition coefficient (Wildman–Crippen LogP) is 1.57. The van der Waals surface area contributed by atoms with Crippen molar-refractivity contribution in [1.82, 2.24) is 8.96 Å². The molecule has 0 atom stereocenters. The molecule has 84 valence electrons. The van der Waals surface area contributed by atoms with Crippen LogP contribution in [-0.2, 0) is 15.8 Å². The van der Waals surface area contributed by atoms with Gasteiger partial charge in [0.1, 0.15) is 6.33 Å². The van der Waals surface area contributed by atoms with Crippen molar-refractivity contribution in [3.05, 3.63) is 54.1 Å². The monoisotopic (exact) mass is 236 g/mol. The summed E-state index contributed by atoms with van der Waals surface area (Å²) in [6.07, 6.45) is 2.84. The van der Waals surface area contributed by atoms with Gasteiger partial charge in [-0.3, -0.25) is 0 Å². The van der Waals surface area contributed by atoms with Gasteiger partial charge in [0.15, 0.2) is 0 Å². The van der Waals surface area contributed by atoms with Crippen molar-refractivity contribution < 1.29 is 8.42 Å². The molecule has 16 heavy (non-hydrogen) atoms. The summed E-state index contributed by atoms with van der Waals surface area (Å²) in [5.41, 5.74) is 1.46. The molecule has 0 fully saturated rings. The van der Waals surface area contributed by atoms with Crippen LogP contribution in [0.3, 0.4) is 0 Å². The summed E-state index contributed by atoms with van der Waals surface area (Å²) < 4.78 is 25.0. The molecule has 0 radical (unpaired) electrons. The number of aryl methyl sites for hydroxylation is 1. The molecule has 1 heterocycles. The Morgan fingerprint density at radius 2 is 1.94 bits per heavy atom. The molecule has 0 aliphatic rings. The van der Waals surface area contributed by atoms with E-state index in [0.717, 1.165) is 9.54 Å². The van der Waals surface area contributed by atoms with E-state index in [1.807, 2.05) is 18.2 Å². The Balaban J connectivity index is 2.28. The Hall–Kier alpha value is -1.62. The Bertz CT molecular complexity index is 573. The van der Waals surface area contributed by atoms with Gasteiger partial charge < -0.3 is 0 Å². The average molecular weight is 236 g/mol. The largest absolute Gasteiger partial charge is 0.243 e. The molecule has 2 rings (SSSR count). The third-order valence-corrected chi connectivity index (χ3v) is 3.74. The van der Waals surface area contributed by atoms with Crippen LogP contribution < -0.4 is 0 Å². The molecule has 1 aromatic heterocycles. The van der Waals surface area contributed by atoms with Crippen LogP contribution in [-0.4, -0.2) is 17.4 Å². The molecular weight excluding hydrogens is 224 g/mol. The topological polar surface area (TPSA) is 52.0 Å². The molecule has 2 aromatic rings. The smallest absolute Gasteiger partial charge is 0.241 e. The van der Waals surface area contributed by atoms with Crippen molar-refractivity contribution in [2.24, 2.45) is 0 Å². The molecule has 0 spiro atoms. The van der Waals surface area contributed by atoms with Crippen LogP contribution in [0.4, 0.5) is 0 Å². The van der Waals surface area contributed by atoms with Crippen LogP contribution in [0.2, 0.25) is 0 Å². The van der Waals surface area contributed by atoms with Crippen molar-refractivity contribution in [1.29, 1.82) is 0 Å². The lowest BCUT2D eigenvalue weighted by atomic mass is 10.2. The van der Waals surface area contributed by atoms with Gasteiger partial charge in [0.05, 0.1) is 11.4 Å². The first kappa shape index (κ1) is 10.9. The molecule has 0 aliphatic carbocycles. The average Bonchev–Trinajstić information content (AvgIpc) is 2.66. The lowest BCUT2D eigenvalue weighted by Crippen LogP contribution is -2.13. The zero-order chi connectivity index (χ0) is 11.6. The molecule has 1 aromatic carbocycles. The van der Waals surface area contributed by atoms with Crippen LogP contribution in [0.5, 0.6) is 0 Å². The van der Waals surface area contributed by atoms with Crippen molar-refractivity contribution in [3.63, 3.8) is 0 Å². The summed E-state index contributed by atoms with van der Waals surface area (Å²) in [6.45, 7) is 1.76. The Kier molecular flexibility index (Phi) is 2.78. The number of hydrogen-bond acceptors (Lipinski definition) is 3. The van der Waals surface area contributed by atoms with Crippen molar-refractivity contribution >= 4 is 10.0 Å². The zero-order valence-corrected chi connectivity index (χ0v) is 9.68. The summed E-state index contributed by atoms with van der Waals surface area (Å²) in [4.78, 5) is 3.91. The molecular formula is C11H12N2O2S. The third-order valence-electron chi connectivity index (χ3n) is 2.20. The van der Waals surface area contributed by atoms with E-state index in [4.69, 9.17) is 0 Å². The first-order valence-corrected chi connectivity index (χ1v) is 6.46. The van der Waals surface area contributed by atoms with Crippen molar-refractivity contribution in [3.8, 4) is 0 Å². The van der Waals surface area contributed by atoms with Gasteiger partial charge in [0.2, 0.25) is 10.0 Å². The number of aromatic nitrogens is 2. The third kappa shape index (κ3) is 2.30. The SMILES string of the molecule is Cc1cn(S(=O)(=O)Cc2ccccc2)cn1. The van der Waals surface area contributed by atoms with Crippen LogP contribution in [0.1, 0.15) is 11.3 Å². The summed E-state index contributed by atoms with van der Waals surface area (Å²) >= 11 is 0. The van der Waals surface area contributed by atoms with Gasteiger partial charge >= 0.3 is 0 Å². The highest BCUT2D eigenvalue weighted by Gasteiger charge is 2.13. The second-order valence-corrected chi connectivity index (χ2v) is 5.46. The van der Waals surface area contributed by atoms with E-state index in [-0.39, 0.29) is 5.75 Å². The summed E-state index contributed by atoms with van der Waals surface area (Å²) in [5.74, 6) is -0.0103. The number of benzene rings is 1. The van der Waals surface area contributed by atoms with Gasteiger partial charge in [-0.05, 0) is 12.5 Å². The zero-order valence-electron chi connectivity index (χ0n) is 8.87. The number of hydrogen-bond donors (Lipinski definition) is 0. The van der Waals surface area contributed by atoms with E-state index < -0.39 is 10.0 Å². The van der Waals surface area contributed by atoms with E-state index in [1.165, 1.54) is 12.5 Å². The van der Waals surface area contributed by atoms with E-state index in [1.54, 1.807) is 19.1 Å². The molecule has 0 amide bonds. The van der Waals surface area contributed by atoms with E-state index >= 15 is 0 Å². The highest BCUT2D eigenvalue weighted by molar-refractivity contribution is 7.89. The van der Waals surface area contributed by atoms with E-state index in [0.29, 0.717) is 5.69 Å². The standard InChI is InChI=1S/C11H12N2O2S/c1-10-7-13(9-12-10)16(14,15)8-11-5-3-2-4-6-11/h2-7,9H,8H2,1H3. The predicted molar refractivity (Wildman–Crippen MR) is 61.4 cm³/mol. The maximum absolute atomic E-state index is 11.9. The highest BCUT2D eigenvalue weighted by atomic mass is 32.2. The summed E-state index contributed by atoms with van der Waals surface area (Å²) in [5, 5.41) is 0. The second-order valence-electron chi connectivity index (χ2n) is 3.59. The van der Waals surface area contributed by atoms with E-state index in [9.17, 15) is 8.42 Å². The quantitative estimate of drug-likeness (QED) is 0.812.